The van der Waals surface area contributed by atoms with Crippen molar-refractivity contribution in [3.8, 4) is 17.3 Å². The first kappa shape index (κ1) is 24.2. The molecule has 0 bridgehead atoms. The van der Waals surface area contributed by atoms with Gasteiger partial charge in [-0.05, 0) is 48.4 Å². The Balaban J connectivity index is 1.71. The smallest absolute Gasteiger partial charge is 0.325 e. The number of ether oxygens (including phenoxy) is 2. The summed E-state index contributed by atoms with van der Waals surface area (Å²) in [6.45, 7) is 2.12. The van der Waals surface area contributed by atoms with E-state index in [1.54, 1.807) is 12.0 Å². The average Bonchev–Trinajstić information content (AvgIpc) is 3.53. The number of nitrogens with one attached hydrogen (secondary N) is 1. The average molecular weight is 500 g/mol. The van der Waals surface area contributed by atoms with Crippen LogP contribution in [0.5, 0.6) is 5.75 Å². The SMILES string of the molecule is CCc1nn(-c2ccccc2)c2c1CN(C(=O)NCC(=O)OC)[C@@H](c1cccc(OC)c1)c1cccn1-2. The van der Waals surface area contributed by atoms with E-state index in [1.165, 1.54) is 7.11 Å². The molecule has 0 spiro atoms. The number of esters is 1. The fourth-order valence-corrected chi connectivity index (χ4v) is 4.83. The van der Waals surface area contributed by atoms with E-state index in [0.717, 1.165) is 34.0 Å². The molecule has 2 amide bonds. The molecule has 3 heterocycles. The Labute approximate surface area is 215 Å². The summed E-state index contributed by atoms with van der Waals surface area (Å²) in [5, 5.41) is 7.68. The molecule has 5 rings (SSSR count). The fraction of sp³-hybridized carbons (Fsp3) is 0.250. The highest BCUT2D eigenvalue weighted by Crippen LogP contribution is 2.39. The van der Waals surface area contributed by atoms with Crippen LogP contribution >= 0.6 is 0 Å². The van der Waals surface area contributed by atoms with Gasteiger partial charge in [0.2, 0.25) is 0 Å². The predicted molar refractivity (Wildman–Crippen MR) is 138 cm³/mol. The monoisotopic (exact) mass is 499 g/mol. The maximum atomic E-state index is 13.7. The number of nitrogens with zero attached hydrogens (tertiary/aromatic N) is 4. The number of carbonyl (C=O) groups excluding carboxylic acids is 2. The highest BCUT2D eigenvalue weighted by molar-refractivity contribution is 5.81. The van der Waals surface area contributed by atoms with Gasteiger partial charge < -0.3 is 24.3 Å². The fourth-order valence-electron chi connectivity index (χ4n) is 4.83. The van der Waals surface area contributed by atoms with Crippen LogP contribution in [0.1, 0.15) is 35.5 Å². The number of urea groups is 1. The third kappa shape index (κ3) is 4.44. The first-order valence-corrected chi connectivity index (χ1v) is 12.1. The zero-order valence-electron chi connectivity index (χ0n) is 21.0. The summed E-state index contributed by atoms with van der Waals surface area (Å²) in [5.41, 5.74) is 4.55. The summed E-state index contributed by atoms with van der Waals surface area (Å²) in [6.07, 6.45) is 2.69. The molecule has 0 saturated carbocycles. The van der Waals surface area contributed by atoms with Crippen molar-refractivity contribution in [2.45, 2.75) is 25.9 Å². The number of benzene rings is 2. The molecule has 9 nitrogen and oxygen atoms in total. The van der Waals surface area contributed by atoms with Crippen molar-refractivity contribution in [1.82, 2.24) is 24.6 Å². The van der Waals surface area contributed by atoms with Crippen LogP contribution in [0.2, 0.25) is 0 Å². The summed E-state index contributed by atoms with van der Waals surface area (Å²) in [4.78, 5) is 27.2. The minimum atomic E-state index is -0.517. The van der Waals surface area contributed by atoms with Gasteiger partial charge >= 0.3 is 12.0 Å². The molecule has 0 fully saturated rings. The van der Waals surface area contributed by atoms with Crippen molar-refractivity contribution in [3.63, 3.8) is 0 Å². The van der Waals surface area contributed by atoms with Crippen LogP contribution in [0.3, 0.4) is 0 Å². The molecule has 37 heavy (non-hydrogen) atoms. The number of amides is 2. The van der Waals surface area contributed by atoms with Gasteiger partial charge in [0.1, 0.15) is 18.1 Å². The molecule has 2 aromatic heterocycles. The van der Waals surface area contributed by atoms with Gasteiger partial charge in [-0.1, -0.05) is 37.3 Å². The normalized spacial score (nSPS) is 14.4. The van der Waals surface area contributed by atoms with Crippen LogP contribution < -0.4 is 10.1 Å². The first-order valence-electron chi connectivity index (χ1n) is 12.1. The van der Waals surface area contributed by atoms with Gasteiger partial charge in [0, 0.05) is 11.8 Å². The Morgan fingerprint density at radius 2 is 1.86 bits per heavy atom. The summed E-state index contributed by atoms with van der Waals surface area (Å²) in [6, 6.07) is 20.8. The number of aryl methyl sites for hydroxylation is 1. The Morgan fingerprint density at radius 1 is 1.05 bits per heavy atom. The third-order valence-electron chi connectivity index (χ3n) is 6.59. The lowest BCUT2D eigenvalue weighted by molar-refractivity contribution is -0.139. The number of fused-ring (bicyclic) bond motifs is 3. The first-order chi connectivity index (χ1) is 18.0. The number of para-hydroxylation sites is 1. The van der Waals surface area contributed by atoms with Gasteiger partial charge in [-0.3, -0.25) is 4.79 Å². The number of hydrogen-bond acceptors (Lipinski definition) is 5. The maximum Gasteiger partial charge on any atom is 0.325 e. The molecule has 1 aliphatic rings. The zero-order chi connectivity index (χ0) is 25.9. The van der Waals surface area contributed by atoms with Crippen molar-refractivity contribution < 1.29 is 19.1 Å². The lowest BCUT2D eigenvalue weighted by Crippen LogP contribution is -2.44. The number of carbonyl (C=O) groups is 2. The van der Waals surface area contributed by atoms with Crippen LogP contribution in [0.15, 0.2) is 72.9 Å². The number of aromatic nitrogens is 3. The third-order valence-corrected chi connectivity index (χ3v) is 6.59. The van der Waals surface area contributed by atoms with Gasteiger partial charge in [-0.15, -0.1) is 0 Å². The number of hydrogen-bond donors (Lipinski definition) is 1. The Hall–Kier alpha value is -4.53. The lowest BCUT2D eigenvalue weighted by Gasteiger charge is -2.31. The lowest BCUT2D eigenvalue weighted by atomic mass is 10.0. The summed E-state index contributed by atoms with van der Waals surface area (Å²) < 4.78 is 14.3. The molecule has 1 N–H and O–H groups in total. The van der Waals surface area contributed by atoms with Crippen molar-refractivity contribution in [2.24, 2.45) is 0 Å². The molecule has 0 unspecified atom stereocenters. The van der Waals surface area contributed by atoms with E-state index < -0.39 is 12.0 Å². The van der Waals surface area contributed by atoms with Crippen molar-refractivity contribution >= 4 is 12.0 Å². The molecule has 1 aliphatic heterocycles. The van der Waals surface area contributed by atoms with Crippen LogP contribution in [0.4, 0.5) is 4.79 Å². The second-order valence-corrected chi connectivity index (χ2v) is 8.69. The summed E-state index contributed by atoms with van der Waals surface area (Å²) in [5.74, 6) is 1.06. The van der Waals surface area contributed by atoms with Gasteiger partial charge in [-0.2, -0.15) is 5.10 Å². The largest absolute Gasteiger partial charge is 0.497 e. The molecule has 2 aromatic carbocycles. The molecular formula is C28H29N5O4. The quantitative estimate of drug-likeness (QED) is 0.405. The molecule has 1 atom stereocenters. The molecule has 0 saturated heterocycles. The number of methoxy groups -OCH3 is 2. The van der Waals surface area contributed by atoms with E-state index in [0.29, 0.717) is 18.7 Å². The molecule has 4 aromatic rings. The van der Waals surface area contributed by atoms with Gasteiger partial charge in [-0.25, -0.2) is 9.48 Å². The Bertz CT molecular complexity index is 1430. The topological polar surface area (TPSA) is 90.6 Å². The van der Waals surface area contributed by atoms with Gasteiger partial charge in [0.25, 0.3) is 0 Å². The molecule has 0 radical (unpaired) electrons. The highest BCUT2D eigenvalue weighted by atomic mass is 16.5. The minimum Gasteiger partial charge on any atom is -0.497 e. The molecule has 9 heteroatoms. The molecular weight excluding hydrogens is 470 g/mol. The van der Waals surface area contributed by atoms with E-state index in [9.17, 15) is 9.59 Å². The van der Waals surface area contributed by atoms with Crippen molar-refractivity contribution in [1.29, 1.82) is 0 Å². The number of rotatable bonds is 6. The van der Waals surface area contributed by atoms with Gasteiger partial charge in [0.05, 0.1) is 43.9 Å². The predicted octanol–water partition coefficient (Wildman–Crippen LogP) is 4.02. The summed E-state index contributed by atoms with van der Waals surface area (Å²) >= 11 is 0. The summed E-state index contributed by atoms with van der Waals surface area (Å²) in [7, 11) is 2.91. The van der Waals surface area contributed by atoms with Crippen molar-refractivity contribution in [3.05, 3.63) is 95.4 Å². The zero-order valence-corrected chi connectivity index (χ0v) is 21.0. The Kier molecular flexibility index (Phi) is 6.68. The second kappa shape index (κ2) is 10.2. The van der Waals surface area contributed by atoms with Crippen LogP contribution in [0.25, 0.3) is 11.5 Å². The van der Waals surface area contributed by atoms with E-state index in [4.69, 9.17) is 14.6 Å². The second-order valence-electron chi connectivity index (χ2n) is 8.69. The van der Waals surface area contributed by atoms with Crippen molar-refractivity contribution in [2.75, 3.05) is 20.8 Å². The standard InChI is InChI=1S/C28H29N5O4/c1-4-23-22-18-32(28(35)29-17-25(34)37-3)26(19-10-8-13-21(16-19)36-2)24-14-9-15-31(24)27(22)33(30-23)20-11-6-5-7-12-20/h5-16,26H,4,17-18H2,1-3H3,(H,29,35)/t26-/m0/s1. The van der Waals surface area contributed by atoms with Gasteiger partial charge in [0.15, 0.2) is 0 Å². The molecule has 190 valence electrons. The Morgan fingerprint density at radius 3 is 2.59 bits per heavy atom. The maximum absolute atomic E-state index is 13.7. The highest BCUT2D eigenvalue weighted by Gasteiger charge is 2.36. The van der Waals surface area contributed by atoms with E-state index in [-0.39, 0.29) is 12.6 Å². The van der Waals surface area contributed by atoms with E-state index in [1.807, 2.05) is 77.6 Å². The van der Waals surface area contributed by atoms with E-state index >= 15 is 0 Å². The van der Waals surface area contributed by atoms with Crippen LogP contribution in [-0.4, -0.2) is 52.0 Å². The van der Waals surface area contributed by atoms with E-state index in [2.05, 4.69) is 16.8 Å². The minimum absolute atomic E-state index is 0.228. The molecule has 0 aliphatic carbocycles. The van der Waals surface area contributed by atoms with Crippen LogP contribution in [-0.2, 0) is 22.5 Å². The van der Waals surface area contributed by atoms with Crippen LogP contribution in [0, 0.1) is 0 Å².